The summed E-state index contributed by atoms with van der Waals surface area (Å²) in [6.45, 7) is 21.4. The topological polar surface area (TPSA) is 78.4 Å². The monoisotopic (exact) mass is 580 g/mol. The highest BCUT2D eigenvalue weighted by Gasteiger charge is 2.72. The molecule has 3 N–H and O–H groups in total. The number of amides is 1. The zero-order valence-electron chi connectivity index (χ0n) is 27.6. The van der Waals surface area contributed by atoms with Crippen LogP contribution < -0.4 is 10.6 Å². The summed E-state index contributed by atoms with van der Waals surface area (Å²) in [4.78, 5) is 26.2. The third kappa shape index (κ3) is 4.24. The number of fused-ring (bicyclic) bond motifs is 7. The Morgan fingerprint density at radius 3 is 2.21 bits per heavy atom. The fourth-order valence-electron chi connectivity index (χ4n) is 13.4. The molecule has 0 bridgehead atoms. The molecule has 236 valence electrons. The van der Waals surface area contributed by atoms with Crippen LogP contribution in [0.4, 0.5) is 0 Å². The maximum absolute atomic E-state index is 13.2. The van der Waals surface area contributed by atoms with Crippen molar-refractivity contribution in [3.8, 4) is 0 Å². The molecule has 5 saturated carbocycles. The van der Waals surface area contributed by atoms with Gasteiger partial charge in [0, 0.05) is 12.5 Å². The predicted molar refractivity (Wildman–Crippen MR) is 169 cm³/mol. The fraction of sp³-hybridized carbons (Fsp3) is 0.892. The van der Waals surface area contributed by atoms with E-state index in [1.165, 1.54) is 37.7 Å². The van der Waals surface area contributed by atoms with Crippen molar-refractivity contribution in [1.29, 1.82) is 0 Å². The molecule has 6 aliphatic rings. The van der Waals surface area contributed by atoms with Crippen molar-refractivity contribution in [2.45, 2.75) is 131 Å². The molecule has 5 heteroatoms. The highest BCUT2D eigenvalue weighted by atomic mass is 16.4. The van der Waals surface area contributed by atoms with E-state index in [-0.39, 0.29) is 39.5 Å². The van der Waals surface area contributed by atoms with Gasteiger partial charge in [-0.1, -0.05) is 46.8 Å². The number of carbonyl (C=O) groups excluding carboxylic acids is 1. The molecule has 6 fully saturated rings. The average molecular weight is 581 g/mol. The normalized spacial score (nSPS) is 48.2. The smallest absolute Gasteiger partial charge is 0.309 e. The van der Waals surface area contributed by atoms with Crippen LogP contribution >= 0.6 is 0 Å². The van der Waals surface area contributed by atoms with Crippen LogP contribution in [-0.2, 0) is 9.59 Å². The lowest BCUT2D eigenvalue weighted by molar-refractivity contribution is -0.240. The standard InChI is InChI=1S/C37H60N2O3/c1-23(2)25-10-17-37(32(41)42)19-18-35(6)26(31(25)37)8-9-28-34(5)15-12-29(33(3,4)27(34)11-16-36(28,35)7)39-30(40)22-24-13-20-38-21-14-24/h24-29,31,38H,1,8-22H2,2-7H3,(H,39,40)(H,41,42)/t25-,26+,27-,28+,29-,31+,34-,35+,36+,37-/m0/s1. The van der Waals surface area contributed by atoms with Gasteiger partial charge in [0.25, 0.3) is 0 Å². The van der Waals surface area contributed by atoms with Crippen molar-refractivity contribution < 1.29 is 14.7 Å². The van der Waals surface area contributed by atoms with E-state index in [2.05, 4.69) is 58.8 Å². The third-order valence-corrected chi connectivity index (χ3v) is 15.8. The van der Waals surface area contributed by atoms with Crippen molar-refractivity contribution in [1.82, 2.24) is 10.6 Å². The summed E-state index contributed by atoms with van der Waals surface area (Å²) in [5.74, 6) is 2.54. The van der Waals surface area contributed by atoms with E-state index in [0.717, 1.165) is 58.0 Å². The Morgan fingerprint density at radius 2 is 1.55 bits per heavy atom. The Morgan fingerprint density at radius 1 is 0.833 bits per heavy atom. The number of hydrogen-bond acceptors (Lipinski definition) is 3. The minimum absolute atomic E-state index is 0.0669. The van der Waals surface area contributed by atoms with E-state index >= 15 is 0 Å². The van der Waals surface area contributed by atoms with E-state index in [1.807, 2.05) is 0 Å². The van der Waals surface area contributed by atoms with Crippen LogP contribution in [0, 0.1) is 62.6 Å². The van der Waals surface area contributed by atoms with Crippen molar-refractivity contribution in [2.24, 2.45) is 62.6 Å². The van der Waals surface area contributed by atoms with Gasteiger partial charge in [0.15, 0.2) is 0 Å². The molecule has 1 saturated heterocycles. The van der Waals surface area contributed by atoms with E-state index in [0.29, 0.717) is 36.0 Å². The quantitative estimate of drug-likeness (QED) is 0.293. The van der Waals surface area contributed by atoms with Gasteiger partial charge >= 0.3 is 5.97 Å². The molecule has 0 radical (unpaired) electrons. The Labute approximate surface area is 255 Å². The first-order valence-electron chi connectivity index (χ1n) is 17.6. The predicted octanol–water partition coefficient (Wildman–Crippen LogP) is 7.60. The molecule has 10 atom stereocenters. The number of allylic oxidation sites excluding steroid dienone is 1. The van der Waals surface area contributed by atoms with E-state index in [1.54, 1.807) is 0 Å². The first kappa shape index (κ1) is 30.7. The molecular formula is C37H60N2O3. The van der Waals surface area contributed by atoms with E-state index in [9.17, 15) is 14.7 Å². The molecule has 0 aromatic rings. The van der Waals surface area contributed by atoms with E-state index in [4.69, 9.17) is 0 Å². The Hall–Kier alpha value is -1.36. The summed E-state index contributed by atoms with van der Waals surface area (Å²) in [7, 11) is 0. The minimum Gasteiger partial charge on any atom is -0.481 e. The molecule has 1 heterocycles. The molecule has 0 aromatic heterocycles. The second-order valence-electron chi connectivity index (χ2n) is 17.5. The molecule has 6 rings (SSSR count). The number of rotatable bonds is 5. The third-order valence-electron chi connectivity index (χ3n) is 15.8. The van der Waals surface area contributed by atoms with Crippen LogP contribution in [0.5, 0.6) is 0 Å². The van der Waals surface area contributed by atoms with Gasteiger partial charge in [-0.15, -0.1) is 0 Å². The molecule has 5 nitrogen and oxygen atoms in total. The van der Waals surface area contributed by atoms with Gasteiger partial charge in [-0.2, -0.15) is 0 Å². The van der Waals surface area contributed by atoms with Crippen LogP contribution in [0.15, 0.2) is 12.2 Å². The molecule has 0 aromatic carbocycles. The summed E-state index contributed by atoms with van der Waals surface area (Å²) in [6, 6.07) is 0.252. The molecule has 42 heavy (non-hydrogen) atoms. The summed E-state index contributed by atoms with van der Waals surface area (Å²) in [6.07, 6.45) is 13.7. The second kappa shape index (κ2) is 10.3. The van der Waals surface area contributed by atoms with Gasteiger partial charge in [-0.3, -0.25) is 9.59 Å². The fourth-order valence-corrected chi connectivity index (χ4v) is 13.4. The first-order chi connectivity index (χ1) is 19.7. The SMILES string of the molecule is C=C(C)[C@@H]1CC[C@]2(C(=O)O)CC[C@]3(C)[C@H](CC[C@@H]4[C@@]5(C)CC[C@H](NC(=O)CC6CCNCC6)C(C)(C)[C@@H]5CC[C@]43C)[C@@H]12. The minimum atomic E-state index is -0.551. The van der Waals surface area contributed by atoms with Crippen LogP contribution in [0.2, 0.25) is 0 Å². The number of carboxylic acid groups (broad SMARTS) is 1. The van der Waals surface area contributed by atoms with Crippen LogP contribution in [0.25, 0.3) is 0 Å². The molecule has 1 amide bonds. The van der Waals surface area contributed by atoms with Crippen molar-refractivity contribution in [3.63, 3.8) is 0 Å². The zero-order valence-corrected chi connectivity index (χ0v) is 27.6. The Bertz CT molecular complexity index is 1110. The maximum Gasteiger partial charge on any atom is 0.309 e. The van der Waals surface area contributed by atoms with Crippen LogP contribution in [-0.4, -0.2) is 36.1 Å². The number of nitrogens with one attached hydrogen (secondary N) is 2. The molecule has 1 aliphatic heterocycles. The highest BCUT2D eigenvalue weighted by molar-refractivity contribution is 5.77. The zero-order chi connectivity index (χ0) is 30.3. The lowest BCUT2D eigenvalue weighted by atomic mass is 9.32. The van der Waals surface area contributed by atoms with Gasteiger partial charge in [0.05, 0.1) is 5.41 Å². The van der Waals surface area contributed by atoms with E-state index < -0.39 is 11.4 Å². The number of piperidine rings is 1. The molecule has 5 aliphatic carbocycles. The Kier molecular flexibility index (Phi) is 7.55. The first-order valence-corrected chi connectivity index (χ1v) is 17.6. The number of aliphatic carboxylic acids is 1. The average Bonchev–Trinajstić information content (AvgIpc) is 3.33. The highest BCUT2D eigenvalue weighted by Crippen LogP contribution is 2.77. The van der Waals surface area contributed by atoms with Crippen molar-refractivity contribution in [3.05, 3.63) is 12.2 Å². The van der Waals surface area contributed by atoms with Gasteiger partial charge < -0.3 is 15.7 Å². The Balaban J connectivity index is 1.25. The van der Waals surface area contributed by atoms with Crippen LogP contribution in [0.1, 0.15) is 125 Å². The summed E-state index contributed by atoms with van der Waals surface area (Å²) >= 11 is 0. The lowest BCUT2D eigenvalue weighted by Gasteiger charge is -2.73. The van der Waals surface area contributed by atoms with Crippen molar-refractivity contribution >= 4 is 11.9 Å². The summed E-state index contributed by atoms with van der Waals surface area (Å²) in [5, 5.41) is 17.6. The summed E-state index contributed by atoms with van der Waals surface area (Å²) in [5.41, 5.74) is 1.36. The molecule has 0 spiro atoms. The second-order valence-corrected chi connectivity index (χ2v) is 17.5. The number of hydrogen-bond donors (Lipinski definition) is 3. The largest absolute Gasteiger partial charge is 0.481 e. The number of carboxylic acids is 1. The lowest BCUT2D eigenvalue weighted by Crippen LogP contribution is -2.68. The van der Waals surface area contributed by atoms with Gasteiger partial charge in [-0.05, 0) is 154 Å². The van der Waals surface area contributed by atoms with Gasteiger partial charge in [0.1, 0.15) is 0 Å². The summed E-state index contributed by atoms with van der Waals surface area (Å²) < 4.78 is 0. The van der Waals surface area contributed by atoms with Gasteiger partial charge in [-0.25, -0.2) is 0 Å². The van der Waals surface area contributed by atoms with Crippen molar-refractivity contribution in [2.75, 3.05) is 13.1 Å². The molecule has 0 unspecified atom stereocenters. The van der Waals surface area contributed by atoms with Crippen LogP contribution in [0.3, 0.4) is 0 Å². The number of carbonyl (C=O) groups is 2. The van der Waals surface area contributed by atoms with Gasteiger partial charge in [0.2, 0.25) is 5.91 Å². The maximum atomic E-state index is 13.2. The molecular weight excluding hydrogens is 520 g/mol.